The summed E-state index contributed by atoms with van der Waals surface area (Å²) in [4.78, 5) is 0. The van der Waals surface area contributed by atoms with E-state index in [1.54, 1.807) is 7.11 Å². The molecule has 1 aromatic carbocycles. The van der Waals surface area contributed by atoms with Crippen LogP contribution in [0.25, 0.3) is 0 Å². The van der Waals surface area contributed by atoms with Gasteiger partial charge in [0.25, 0.3) is 0 Å². The third-order valence-corrected chi connectivity index (χ3v) is 1.73. The van der Waals surface area contributed by atoms with Gasteiger partial charge in [0.15, 0.2) is 0 Å². The van der Waals surface area contributed by atoms with E-state index in [2.05, 4.69) is 13.8 Å². The van der Waals surface area contributed by atoms with Gasteiger partial charge in [-0.05, 0) is 0 Å². The minimum atomic E-state index is 0.709. The van der Waals surface area contributed by atoms with E-state index < -0.39 is 0 Å². The summed E-state index contributed by atoms with van der Waals surface area (Å²) in [5.41, 5.74) is 0. The van der Waals surface area contributed by atoms with E-state index in [1.807, 2.05) is 30.3 Å². The van der Waals surface area contributed by atoms with Crippen LogP contribution in [0, 0.1) is 0 Å². The van der Waals surface area contributed by atoms with Crippen LogP contribution in [-0.4, -0.2) is 7.11 Å². The fourth-order valence-electron chi connectivity index (χ4n) is 0.541. The molecule has 0 N–H and O–H groups in total. The second-order valence-electron chi connectivity index (χ2n) is 2.21. The van der Waals surface area contributed by atoms with Crippen molar-refractivity contribution < 1.29 is 19.1 Å². The number of hydrogen-bond donors (Lipinski definition) is 0. The predicted octanol–water partition coefficient (Wildman–Crippen LogP) is 2.37. The van der Waals surface area contributed by atoms with Crippen LogP contribution >= 0.6 is 0 Å². The van der Waals surface area contributed by atoms with Gasteiger partial charge in [-0.2, -0.15) is 0 Å². The molecule has 0 aromatic heterocycles. The quantitative estimate of drug-likeness (QED) is 0.678. The summed E-state index contributed by atoms with van der Waals surface area (Å²) in [5, 5.41) is 0. The molecule has 0 amide bonds. The topological polar surface area (TPSA) is 9.23 Å². The van der Waals surface area contributed by atoms with Crippen molar-refractivity contribution in [3.8, 4) is 0 Å². The standard InChI is InChI=1S/C6H5.C3H8.CH3O.Fe/c1-2-4-6-5-3-1;1-3-2;1-2;/h1-5H;3H2,1-2H3;1H3;/q;;-1;+1. The van der Waals surface area contributed by atoms with E-state index in [1.165, 1.54) is 10.9 Å². The van der Waals surface area contributed by atoms with E-state index in [4.69, 9.17) is 3.82 Å². The van der Waals surface area contributed by atoms with Crippen molar-refractivity contribution in [3.63, 3.8) is 0 Å². The van der Waals surface area contributed by atoms with Crippen LogP contribution in [0.1, 0.15) is 20.3 Å². The van der Waals surface area contributed by atoms with Crippen LogP contribution in [0.2, 0.25) is 0 Å². The third-order valence-electron chi connectivity index (χ3n) is 0.880. The maximum absolute atomic E-state index is 4.93. The van der Waals surface area contributed by atoms with Gasteiger partial charge in [0.2, 0.25) is 0 Å². The van der Waals surface area contributed by atoms with Gasteiger partial charge in [-0.15, -0.1) is 0 Å². The summed E-state index contributed by atoms with van der Waals surface area (Å²) in [6, 6.07) is 10.1. The molecule has 70 valence electrons. The first-order valence-corrected chi connectivity index (χ1v) is 5.06. The molecular formula is C10H16FeO. The summed E-state index contributed by atoms with van der Waals surface area (Å²) < 4.78 is 6.15. The van der Waals surface area contributed by atoms with Gasteiger partial charge in [-0.3, -0.25) is 0 Å². The monoisotopic (exact) mass is 208 g/mol. The second kappa shape index (κ2) is 8.79. The van der Waals surface area contributed by atoms with Crippen molar-refractivity contribution in [3.05, 3.63) is 30.3 Å². The second-order valence-corrected chi connectivity index (χ2v) is 3.52. The van der Waals surface area contributed by atoms with Crippen molar-refractivity contribution >= 4 is 4.46 Å². The maximum atomic E-state index is 4.93. The van der Waals surface area contributed by atoms with Crippen molar-refractivity contribution in [2.75, 3.05) is 7.11 Å². The molecule has 0 aliphatic heterocycles. The molecule has 1 aromatic rings. The van der Waals surface area contributed by atoms with Crippen LogP contribution in [0.15, 0.2) is 30.3 Å². The molecule has 0 spiro atoms. The number of rotatable bonds is 2. The Labute approximate surface area is 81.6 Å². The van der Waals surface area contributed by atoms with E-state index in [9.17, 15) is 0 Å². The zero-order valence-corrected chi connectivity index (χ0v) is 8.96. The predicted molar refractivity (Wildman–Crippen MR) is 49.1 cm³/mol. The van der Waals surface area contributed by atoms with Crippen molar-refractivity contribution in [2.24, 2.45) is 0 Å². The number of hydrogen-bond acceptors (Lipinski definition) is 1. The Hall–Kier alpha value is -0.301. The van der Waals surface area contributed by atoms with Crippen molar-refractivity contribution in [1.82, 2.24) is 0 Å². The SMILES string of the molecule is CCC.C[O][Fe][c]1ccccc1. The number of benzene rings is 1. The molecule has 0 bridgehead atoms. The normalized spacial score (nSPS) is 8.92. The molecule has 0 radical (unpaired) electrons. The summed E-state index contributed by atoms with van der Waals surface area (Å²) in [6.45, 7) is 4.25. The van der Waals surface area contributed by atoms with Gasteiger partial charge >= 0.3 is 61.0 Å². The third kappa shape index (κ3) is 6.41. The first-order chi connectivity index (χ1) is 5.85. The molecule has 1 nitrogen and oxygen atoms in total. The fraction of sp³-hybridized carbons (Fsp3) is 0.400. The van der Waals surface area contributed by atoms with E-state index in [0.29, 0.717) is 15.3 Å². The molecule has 2 heteroatoms. The van der Waals surface area contributed by atoms with Crippen molar-refractivity contribution in [1.29, 1.82) is 0 Å². The van der Waals surface area contributed by atoms with E-state index in [0.717, 1.165) is 0 Å². The first-order valence-electron chi connectivity index (χ1n) is 4.05. The molecule has 0 aliphatic rings. The molecule has 1 rings (SSSR count). The van der Waals surface area contributed by atoms with Gasteiger partial charge in [0.05, 0.1) is 0 Å². The molecule has 0 saturated carbocycles. The summed E-state index contributed by atoms with van der Waals surface area (Å²) in [5.74, 6) is 0. The van der Waals surface area contributed by atoms with Crippen LogP contribution in [-0.2, 0) is 19.1 Å². The molecule has 12 heavy (non-hydrogen) atoms. The molecule has 0 saturated heterocycles. The average Bonchev–Trinajstić information content (AvgIpc) is 2.08. The van der Waals surface area contributed by atoms with Crippen molar-refractivity contribution in [2.45, 2.75) is 20.3 Å². The minimum absolute atomic E-state index is 0.709. The zero-order chi connectivity index (χ0) is 9.23. The molecule has 0 fully saturated rings. The molecular weight excluding hydrogens is 192 g/mol. The van der Waals surface area contributed by atoms with E-state index >= 15 is 0 Å². The average molecular weight is 208 g/mol. The molecule has 0 heterocycles. The van der Waals surface area contributed by atoms with Gasteiger partial charge < -0.3 is 0 Å². The van der Waals surface area contributed by atoms with Crippen LogP contribution < -0.4 is 4.46 Å². The Kier molecular flexibility index (Phi) is 8.57. The summed E-state index contributed by atoms with van der Waals surface area (Å²) in [6.07, 6.45) is 1.25. The molecule has 0 unspecified atom stereocenters. The van der Waals surface area contributed by atoms with Crippen LogP contribution in [0.4, 0.5) is 0 Å². The molecule has 0 atom stereocenters. The first kappa shape index (κ1) is 11.7. The zero-order valence-electron chi connectivity index (χ0n) is 7.86. The van der Waals surface area contributed by atoms with Crippen LogP contribution in [0.5, 0.6) is 0 Å². The van der Waals surface area contributed by atoms with Gasteiger partial charge in [-0.1, -0.05) is 20.3 Å². The Morgan fingerprint density at radius 3 is 2.08 bits per heavy atom. The molecule has 0 aliphatic carbocycles. The Morgan fingerprint density at radius 1 is 1.17 bits per heavy atom. The van der Waals surface area contributed by atoms with Gasteiger partial charge in [-0.25, -0.2) is 0 Å². The summed E-state index contributed by atoms with van der Waals surface area (Å²) in [7, 11) is 1.70. The fourth-order valence-corrected chi connectivity index (χ4v) is 1.16. The van der Waals surface area contributed by atoms with E-state index in [-0.39, 0.29) is 0 Å². The Morgan fingerprint density at radius 2 is 1.67 bits per heavy atom. The van der Waals surface area contributed by atoms with Gasteiger partial charge in [0.1, 0.15) is 0 Å². The Balaban J connectivity index is 0.000000354. The van der Waals surface area contributed by atoms with Gasteiger partial charge in [0, 0.05) is 0 Å². The summed E-state index contributed by atoms with van der Waals surface area (Å²) >= 11 is 0.709. The van der Waals surface area contributed by atoms with Crippen LogP contribution in [0.3, 0.4) is 0 Å². The Bertz CT molecular complexity index is 174.